The van der Waals surface area contributed by atoms with E-state index in [1.54, 1.807) is 0 Å². The largest absolute Gasteiger partial charge is 0.310 e. The minimum atomic E-state index is 0.479. The van der Waals surface area contributed by atoms with Gasteiger partial charge in [-0.25, -0.2) is 0 Å². The molecule has 20 heavy (non-hydrogen) atoms. The lowest BCUT2D eigenvalue weighted by atomic mass is 9.98. The summed E-state index contributed by atoms with van der Waals surface area (Å²) < 4.78 is 0. The van der Waals surface area contributed by atoms with Crippen LogP contribution in [0.4, 0.5) is 0 Å². The van der Waals surface area contributed by atoms with Crippen molar-refractivity contribution in [3.05, 3.63) is 58.1 Å². The standard InChI is InChI=1S/C18H22ClN/c1-12(2)20-11-15-6-8-17(18(19)10-15)16-7-5-13(3)9-14(16)4/h5-10,12,20H,11H2,1-4H3. The van der Waals surface area contributed by atoms with Crippen LogP contribution in [0.5, 0.6) is 0 Å². The molecule has 0 heterocycles. The number of nitrogens with one attached hydrogen (secondary N) is 1. The van der Waals surface area contributed by atoms with E-state index in [1.165, 1.54) is 22.3 Å². The van der Waals surface area contributed by atoms with Crippen molar-refractivity contribution >= 4 is 11.6 Å². The Morgan fingerprint density at radius 1 is 1.00 bits per heavy atom. The van der Waals surface area contributed by atoms with E-state index in [-0.39, 0.29) is 0 Å². The summed E-state index contributed by atoms with van der Waals surface area (Å²) >= 11 is 6.46. The predicted molar refractivity (Wildman–Crippen MR) is 88.3 cm³/mol. The van der Waals surface area contributed by atoms with E-state index in [4.69, 9.17) is 11.6 Å². The zero-order valence-corrected chi connectivity index (χ0v) is 13.4. The lowest BCUT2D eigenvalue weighted by Crippen LogP contribution is -2.21. The molecule has 2 aromatic carbocycles. The van der Waals surface area contributed by atoms with Gasteiger partial charge in [-0.2, -0.15) is 0 Å². The quantitative estimate of drug-likeness (QED) is 0.823. The highest BCUT2D eigenvalue weighted by Crippen LogP contribution is 2.31. The van der Waals surface area contributed by atoms with Crippen LogP contribution in [0.15, 0.2) is 36.4 Å². The Kier molecular flexibility index (Phi) is 4.85. The van der Waals surface area contributed by atoms with E-state index >= 15 is 0 Å². The van der Waals surface area contributed by atoms with Crippen LogP contribution in [0.2, 0.25) is 5.02 Å². The first kappa shape index (κ1) is 15.1. The summed E-state index contributed by atoms with van der Waals surface area (Å²) in [6.45, 7) is 9.38. The highest BCUT2D eigenvalue weighted by molar-refractivity contribution is 6.33. The van der Waals surface area contributed by atoms with Crippen LogP contribution >= 0.6 is 11.6 Å². The van der Waals surface area contributed by atoms with Crippen molar-refractivity contribution < 1.29 is 0 Å². The third-order valence-corrected chi connectivity index (χ3v) is 3.73. The van der Waals surface area contributed by atoms with Gasteiger partial charge in [0, 0.05) is 23.2 Å². The Hall–Kier alpha value is -1.31. The summed E-state index contributed by atoms with van der Waals surface area (Å²) in [7, 11) is 0. The average molecular weight is 288 g/mol. The molecule has 0 aliphatic heterocycles. The number of hydrogen-bond donors (Lipinski definition) is 1. The first-order chi connectivity index (χ1) is 9.47. The summed E-state index contributed by atoms with van der Waals surface area (Å²) in [5, 5.41) is 4.23. The van der Waals surface area contributed by atoms with E-state index in [2.05, 4.69) is 69.4 Å². The van der Waals surface area contributed by atoms with Crippen LogP contribution in [0.1, 0.15) is 30.5 Å². The number of hydrogen-bond acceptors (Lipinski definition) is 1. The topological polar surface area (TPSA) is 12.0 Å². The van der Waals surface area contributed by atoms with E-state index in [0.29, 0.717) is 6.04 Å². The van der Waals surface area contributed by atoms with Crippen molar-refractivity contribution in [1.29, 1.82) is 0 Å². The molecule has 0 unspecified atom stereocenters. The number of aryl methyl sites for hydroxylation is 2. The first-order valence-electron chi connectivity index (χ1n) is 7.07. The van der Waals surface area contributed by atoms with Crippen molar-refractivity contribution in [3.63, 3.8) is 0 Å². The molecule has 106 valence electrons. The Labute approximate surface area is 127 Å². The van der Waals surface area contributed by atoms with Gasteiger partial charge in [-0.1, -0.05) is 61.3 Å². The van der Waals surface area contributed by atoms with Crippen LogP contribution in [-0.4, -0.2) is 6.04 Å². The molecule has 2 aromatic rings. The zero-order valence-electron chi connectivity index (χ0n) is 12.6. The molecule has 2 heteroatoms. The smallest absolute Gasteiger partial charge is 0.0487 e. The number of rotatable bonds is 4. The monoisotopic (exact) mass is 287 g/mol. The molecule has 1 nitrogen and oxygen atoms in total. The molecule has 0 atom stereocenters. The minimum Gasteiger partial charge on any atom is -0.310 e. The van der Waals surface area contributed by atoms with Crippen molar-refractivity contribution in [2.45, 2.75) is 40.3 Å². The third kappa shape index (κ3) is 3.62. The fourth-order valence-electron chi connectivity index (χ4n) is 2.32. The molecular weight excluding hydrogens is 266 g/mol. The average Bonchev–Trinajstić information content (AvgIpc) is 2.37. The van der Waals surface area contributed by atoms with Gasteiger partial charge in [0.2, 0.25) is 0 Å². The van der Waals surface area contributed by atoms with Gasteiger partial charge >= 0.3 is 0 Å². The molecule has 0 saturated heterocycles. The van der Waals surface area contributed by atoms with E-state index in [0.717, 1.165) is 17.1 Å². The summed E-state index contributed by atoms with van der Waals surface area (Å²) in [5.41, 5.74) is 6.08. The molecule has 1 N–H and O–H groups in total. The summed E-state index contributed by atoms with van der Waals surface area (Å²) in [4.78, 5) is 0. The molecule has 0 aliphatic rings. The second-order valence-corrected chi connectivity index (χ2v) is 6.08. The van der Waals surface area contributed by atoms with E-state index in [1.807, 2.05) is 0 Å². The second kappa shape index (κ2) is 6.43. The maximum Gasteiger partial charge on any atom is 0.0487 e. The summed E-state index contributed by atoms with van der Waals surface area (Å²) in [5.74, 6) is 0. The lowest BCUT2D eigenvalue weighted by molar-refractivity contribution is 0.589. The van der Waals surface area contributed by atoms with Gasteiger partial charge < -0.3 is 5.32 Å². The van der Waals surface area contributed by atoms with Gasteiger partial charge in [0.1, 0.15) is 0 Å². The van der Waals surface area contributed by atoms with Gasteiger partial charge in [0.05, 0.1) is 0 Å². The highest BCUT2D eigenvalue weighted by atomic mass is 35.5. The van der Waals surface area contributed by atoms with E-state index in [9.17, 15) is 0 Å². The van der Waals surface area contributed by atoms with Gasteiger partial charge in [-0.3, -0.25) is 0 Å². The molecule has 0 spiro atoms. The molecular formula is C18H22ClN. The van der Waals surface area contributed by atoms with Crippen LogP contribution in [0, 0.1) is 13.8 Å². The third-order valence-electron chi connectivity index (χ3n) is 3.42. The zero-order chi connectivity index (χ0) is 14.7. The Morgan fingerprint density at radius 3 is 2.30 bits per heavy atom. The molecule has 0 aromatic heterocycles. The molecule has 0 fully saturated rings. The van der Waals surface area contributed by atoms with Crippen molar-refractivity contribution in [3.8, 4) is 11.1 Å². The molecule has 0 bridgehead atoms. The van der Waals surface area contributed by atoms with Crippen LogP contribution < -0.4 is 5.32 Å². The normalized spacial score (nSPS) is 11.1. The van der Waals surface area contributed by atoms with Crippen LogP contribution in [0.3, 0.4) is 0 Å². The Balaban J connectivity index is 2.29. The van der Waals surface area contributed by atoms with Gasteiger partial charge in [-0.05, 0) is 36.6 Å². The summed E-state index contributed by atoms with van der Waals surface area (Å²) in [6.07, 6.45) is 0. The fraction of sp³-hybridized carbons (Fsp3) is 0.333. The Bertz CT molecular complexity index is 602. The number of halogens is 1. The van der Waals surface area contributed by atoms with Crippen LogP contribution in [0.25, 0.3) is 11.1 Å². The molecule has 2 rings (SSSR count). The highest BCUT2D eigenvalue weighted by Gasteiger charge is 2.07. The predicted octanol–water partition coefficient (Wildman–Crippen LogP) is 5.12. The van der Waals surface area contributed by atoms with Crippen molar-refractivity contribution in [1.82, 2.24) is 5.32 Å². The van der Waals surface area contributed by atoms with Gasteiger partial charge in [0.25, 0.3) is 0 Å². The molecule has 0 radical (unpaired) electrons. The summed E-state index contributed by atoms with van der Waals surface area (Å²) in [6, 6.07) is 13.3. The van der Waals surface area contributed by atoms with Crippen LogP contribution in [-0.2, 0) is 6.54 Å². The molecule has 0 saturated carbocycles. The van der Waals surface area contributed by atoms with Crippen molar-refractivity contribution in [2.75, 3.05) is 0 Å². The maximum absolute atomic E-state index is 6.46. The van der Waals surface area contributed by atoms with E-state index < -0.39 is 0 Å². The first-order valence-corrected chi connectivity index (χ1v) is 7.44. The maximum atomic E-state index is 6.46. The van der Waals surface area contributed by atoms with Crippen molar-refractivity contribution in [2.24, 2.45) is 0 Å². The van der Waals surface area contributed by atoms with Gasteiger partial charge in [-0.15, -0.1) is 0 Å². The molecule has 0 amide bonds. The lowest BCUT2D eigenvalue weighted by Gasteiger charge is -2.12. The number of benzene rings is 2. The molecule has 0 aliphatic carbocycles. The SMILES string of the molecule is Cc1ccc(-c2ccc(CNC(C)C)cc2Cl)c(C)c1. The minimum absolute atomic E-state index is 0.479. The second-order valence-electron chi connectivity index (χ2n) is 5.67. The Morgan fingerprint density at radius 2 is 1.70 bits per heavy atom. The fourth-order valence-corrected chi connectivity index (χ4v) is 2.63. The van der Waals surface area contributed by atoms with Gasteiger partial charge in [0.15, 0.2) is 0 Å².